The molecule has 3 rings (SSSR count). The molecule has 2 aliphatic rings. The largest absolute Gasteiger partial charge is 0.487 e. The smallest absolute Gasteiger partial charge is 0.248 e. The number of hydrogen-bond acceptors (Lipinski definition) is 6. The van der Waals surface area contributed by atoms with Gasteiger partial charge < -0.3 is 19.5 Å². The van der Waals surface area contributed by atoms with E-state index in [2.05, 4.69) is 11.8 Å². The quantitative estimate of drug-likeness (QED) is 0.611. The Bertz CT molecular complexity index is 1030. The van der Waals surface area contributed by atoms with Crippen molar-refractivity contribution in [3.05, 3.63) is 23.8 Å². The van der Waals surface area contributed by atoms with E-state index in [1.165, 1.54) is 35.2 Å². The summed E-state index contributed by atoms with van der Waals surface area (Å²) in [6.45, 7) is 3.64. The minimum absolute atomic E-state index is 0.0435. The predicted octanol–water partition coefficient (Wildman–Crippen LogP) is 2.10. The average molecular weight is 493 g/mol. The van der Waals surface area contributed by atoms with Crippen molar-refractivity contribution >= 4 is 15.9 Å². The van der Waals surface area contributed by atoms with Crippen LogP contribution >= 0.6 is 0 Å². The van der Waals surface area contributed by atoms with E-state index in [0.29, 0.717) is 11.5 Å². The first-order chi connectivity index (χ1) is 16.2. The third-order valence-electron chi connectivity index (χ3n) is 6.59. The molecule has 34 heavy (non-hydrogen) atoms. The number of amides is 1. The molecule has 0 unspecified atom stereocenters. The third kappa shape index (κ3) is 6.11. The maximum absolute atomic E-state index is 13.5. The highest BCUT2D eigenvalue weighted by Crippen LogP contribution is 2.34. The van der Waals surface area contributed by atoms with Crippen molar-refractivity contribution in [3.63, 3.8) is 0 Å². The van der Waals surface area contributed by atoms with Gasteiger partial charge >= 0.3 is 0 Å². The second kappa shape index (κ2) is 11.5. The first-order valence-corrected chi connectivity index (χ1v) is 13.3. The lowest BCUT2D eigenvalue weighted by atomic mass is 10.0. The van der Waals surface area contributed by atoms with Crippen LogP contribution in [0.4, 0.5) is 0 Å². The Kier molecular flexibility index (Phi) is 8.99. The van der Waals surface area contributed by atoms with Gasteiger partial charge in [0.05, 0.1) is 13.2 Å². The summed E-state index contributed by atoms with van der Waals surface area (Å²) in [6, 6.07) is 4.32. The first-order valence-electron chi connectivity index (χ1n) is 11.8. The molecule has 0 aromatic heterocycles. The van der Waals surface area contributed by atoms with Gasteiger partial charge in [-0.25, -0.2) is 8.42 Å². The summed E-state index contributed by atoms with van der Waals surface area (Å²) in [4.78, 5) is 13.9. The van der Waals surface area contributed by atoms with Gasteiger partial charge in [0.2, 0.25) is 15.9 Å². The maximum Gasteiger partial charge on any atom is 0.248 e. The van der Waals surface area contributed by atoms with Crippen LogP contribution in [0.15, 0.2) is 23.1 Å². The number of fused-ring (bicyclic) bond motifs is 1. The van der Waals surface area contributed by atoms with Gasteiger partial charge in [-0.05, 0) is 38.0 Å². The Morgan fingerprint density at radius 3 is 2.71 bits per heavy atom. The number of nitrogens with zero attached hydrogens (tertiary/aromatic N) is 2. The predicted molar refractivity (Wildman–Crippen MR) is 129 cm³/mol. The van der Waals surface area contributed by atoms with Crippen LogP contribution in [-0.4, -0.2) is 81.2 Å². The number of ether oxygens (including phenoxy) is 2. The van der Waals surface area contributed by atoms with Crippen molar-refractivity contribution in [1.82, 2.24) is 9.21 Å². The normalized spacial score (nSPS) is 23.6. The molecule has 0 radical (unpaired) electrons. The molecule has 9 heteroatoms. The third-order valence-corrected chi connectivity index (χ3v) is 8.61. The molecule has 1 aromatic carbocycles. The molecule has 1 N–H and O–H groups in total. The number of hydrogen-bond donors (Lipinski definition) is 1. The molecule has 188 valence electrons. The summed E-state index contributed by atoms with van der Waals surface area (Å²) in [7, 11) is -0.777. The molecule has 1 aromatic rings. The van der Waals surface area contributed by atoms with Crippen molar-refractivity contribution in [2.45, 2.75) is 56.6 Å². The Balaban J connectivity index is 2.00. The fourth-order valence-electron chi connectivity index (χ4n) is 4.38. The zero-order valence-electron chi connectivity index (χ0n) is 20.5. The van der Waals surface area contributed by atoms with E-state index in [1.807, 2.05) is 6.92 Å². The summed E-state index contributed by atoms with van der Waals surface area (Å²) in [6.07, 6.45) is 4.11. The first kappa shape index (κ1) is 26.5. The van der Waals surface area contributed by atoms with E-state index in [0.717, 1.165) is 12.8 Å². The lowest BCUT2D eigenvalue weighted by Crippen LogP contribution is -2.50. The van der Waals surface area contributed by atoms with Crippen molar-refractivity contribution < 1.29 is 27.8 Å². The van der Waals surface area contributed by atoms with E-state index in [9.17, 15) is 18.3 Å². The molecule has 0 bridgehead atoms. The fourth-order valence-corrected chi connectivity index (χ4v) is 6.21. The molecule has 1 amide bonds. The molecule has 1 aliphatic carbocycles. The van der Waals surface area contributed by atoms with Crippen LogP contribution in [0.2, 0.25) is 0 Å². The topological polar surface area (TPSA) is 96.4 Å². The van der Waals surface area contributed by atoms with Gasteiger partial charge in [-0.2, -0.15) is 4.31 Å². The Morgan fingerprint density at radius 2 is 2.06 bits per heavy atom. The van der Waals surface area contributed by atoms with Gasteiger partial charge in [0.15, 0.2) is 0 Å². The number of likely N-dealkylation sites (N-methyl/N-ethyl adjacent to an activating group) is 1. The zero-order chi connectivity index (χ0) is 24.9. The summed E-state index contributed by atoms with van der Waals surface area (Å²) >= 11 is 0. The van der Waals surface area contributed by atoms with Gasteiger partial charge in [0.1, 0.15) is 23.4 Å². The van der Waals surface area contributed by atoms with Crippen LogP contribution in [0.1, 0.15) is 45.1 Å². The molecular weight excluding hydrogens is 456 g/mol. The van der Waals surface area contributed by atoms with Gasteiger partial charge in [0.25, 0.3) is 0 Å². The van der Waals surface area contributed by atoms with Gasteiger partial charge in [-0.15, -0.1) is 0 Å². The average Bonchev–Trinajstić information content (AvgIpc) is 3.33. The summed E-state index contributed by atoms with van der Waals surface area (Å²) < 4.78 is 39.7. The number of methoxy groups -OCH3 is 1. The molecule has 0 spiro atoms. The monoisotopic (exact) mass is 492 g/mol. The highest BCUT2D eigenvalue weighted by Gasteiger charge is 2.38. The van der Waals surface area contributed by atoms with Gasteiger partial charge in [-0.1, -0.05) is 31.6 Å². The standard InChI is InChI=1S/C25H36N2O6S/c1-18-14-27(19(2)16-28)34(30,31)24-12-11-21(10-9-20-7-5-6-8-20)13-22(24)33-23(18)15-26(3)25(29)17-32-4/h11-13,18-20,23,28H,5-8,14-17H2,1-4H3/t18-,19+,23+/m1/s1. The lowest BCUT2D eigenvalue weighted by Gasteiger charge is -2.37. The highest BCUT2D eigenvalue weighted by atomic mass is 32.2. The molecule has 8 nitrogen and oxygen atoms in total. The van der Waals surface area contributed by atoms with Crippen LogP contribution in [0.25, 0.3) is 0 Å². The lowest BCUT2D eigenvalue weighted by molar-refractivity contribution is -0.135. The highest BCUT2D eigenvalue weighted by molar-refractivity contribution is 7.89. The number of rotatable bonds is 6. The molecule has 1 heterocycles. The maximum atomic E-state index is 13.5. The number of benzene rings is 1. The molecular formula is C25H36N2O6S. The Labute approximate surface area is 203 Å². The molecule has 1 fully saturated rings. The Morgan fingerprint density at radius 1 is 1.35 bits per heavy atom. The van der Waals surface area contributed by atoms with Crippen molar-refractivity contribution in [2.24, 2.45) is 11.8 Å². The van der Waals surface area contributed by atoms with Crippen molar-refractivity contribution in [2.75, 3.05) is 40.5 Å². The van der Waals surface area contributed by atoms with Crippen LogP contribution in [-0.2, 0) is 19.6 Å². The van der Waals surface area contributed by atoms with E-state index in [1.54, 1.807) is 26.1 Å². The van der Waals surface area contributed by atoms with E-state index < -0.39 is 22.2 Å². The van der Waals surface area contributed by atoms with Crippen LogP contribution in [0, 0.1) is 23.7 Å². The van der Waals surface area contributed by atoms with Gasteiger partial charge in [-0.3, -0.25) is 4.79 Å². The van der Waals surface area contributed by atoms with Gasteiger partial charge in [0, 0.05) is 44.1 Å². The van der Waals surface area contributed by atoms with Crippen molar-refractivity contribution in [3.8, 4) is 17.6 Å². The van der Waals surface area contributed by atoms with Crippen molar-refractivity contribution in [1.29, 1.82) is 0 Å². The van der Waals surface area contributed by atoms with Crippen LogP contribution < -0.4 is 4.74 Å². The summed E-state index contributed by atoms with van der Waals surface area (Å²) in [5.41, 5.74) is 0.693. The summed E-state index contributed by atoms with van der Waals surface area (Å²) in [5, 5.41) is 9.75. The number of carbonyl (C=O) groups is 1. The van der Waals surface area contributed by atoms with Crippen LogP contribution in [0.3, 0.4) is 0 Å². The fraction of sp³-hybridized carbons (Fsp3) is 0.640. The second-order valence-electron chi connectivity index (χ2n) is 9.36. The second-order valence-corrected chi connectivity index (χ2v) is 11.2. The molecule has 3 atom stereocenters. The summed E-state index contributed by atoms with van der Waals surface area (Å²) in [5.74, 6) is 6.65. The van der Waals surface area contributed by atoms with E-state index in [-0.39, 0.29) is 48.8 Å². The minimum Gasteiger partial charge on any atom is -0.487 e. The number of carbonyl (C=O) groups excluding carboxylic acids is 1. The van der Waals surface area contributed by atoms with Crippen LogP contribution in [0.5, 0.6) is 5.75 Å². The van der Waals surface area contributed by atoms with E-state index in [4.69, 9.17) is 9.47 Å². The number of aliphatic hydroxyl groups is 1. The van der Waals surface area contributed by atoms with E-state index >= 15 is 0 Å². The SMILES string of the molecule is COCC(=O)N(C)C[C@@H]1Oc2cc(C#CC3CCCC3)ccc2S(=O)(=O)N([C@@H](C)CO)C[C@H]1C. The molecule has 1 aliphatic heterocycles. The molecule has 1 saturated carbocycles. The number of sulfonamides is 1. The zero-order valence-corrected chi connectivity index (χ0v) is 21.3. The number of aliphatic hydroxyl groups excluding tert-OH is 1. The molecule has 0 saturated heterocycles. The minimum atomic E-state index is -3.91. The Hall–Kier alpha value is -2.12.